The summed E-state index contributed by atoms with van der Waals surface area (Å²) in [5.74, 6) is -1.71. The number of hydrogen-bond acceptors (Lipinski definition) is 3. The van der Waals surface area contributed by atoms with Gasteiger partial charge in [-0.25, -0.2) is 0 Å². The van der Waals surface area contributed by atoms with Crippen molar-refractivity contribution in [1.29, 1.82) is 0 Å². The van der Waals surface area contributed by atoms with Gasteiger partial charge in [0, 0.05) is 5.69 Å². The number of phenols is 1. The number of carbonyl (C=O) groups excluding carboxylic acids is 2. The van der Waals surface area contributed by atoms with Crippen LogP contribution in [0, 0.1) is 6.92 Å². The zero-order valence-electron chi connectivity index (χ0n) is 10.9. The third-order valence-electron chi connectivity index (χ3n) is 2.64. The fourth-order valence-corrected chi connectivity index (χ4v) is 1.64. The lowest BCUT2D eigenvalue weighted by Crippen LogP contribution is -2.29. The van der Waals surface area contributed by atoms with Crippen LogP contribution in [0.2, 0.25) is 0 Å². The molecule has 20 heavy (non-hydrogen) atoms. The fourth-order valence-electron chi connectivity index (χ4n) is 1.64. The Labute approximate surface area is 116 Å². The topological polar surface area (TPSA) is 78.4 Å². The Morgan fingerprint density at radius 3 is 2.25 bits per heavy atom. The standard InChI is InChI=1S/C15H14N2O3/c1-10-7-8-12(13(18)9-10)17-15(20)14(19)16-11-5-3-2-4-6-11/h2-9,18H,1H3,(H,16,19)(H,17,20). The largest absolute Gasteiger partial charge is 0.506 e. The Morgan fingerprint density at radius 1 is 0.950 bits per heavy atom. The van der Waals surface area contributed by atoms with E-state index in [9.17, 15) is 14.7 Å². The van der Waals surface area contributed by atoms with Crippen LogP contribution in [0.1, 0.15) is 5.56 Å². The maximum atomic E-state index is 11.7. The van der Waals surface area contributed by atoms with Crippen molar-refractivity contribution in [3.8, 4) is 5.75 Å². The third kappa shape index (κ3) is 3.35. The van der Waals surface area contributed by atoms with Gasteiger partial charge in [-0.2, -0.15) is 0 Å². The number of nitrogens with one attached hydrogen (secondary N) is 2. The number of benzene rings is 2. The van der Waals surface area contributed by atoms with Crippen molar-refractivity contribution in [2.75, 3.05) is 10.6 Å². The van der Waals surface area contributed by atoms with E-state index in [2.05, 4.69) is 10.6 Å². The van der Waals surface area contributed by atoms with Crippen LogP contribution in [0.3, 0.4) is 0 Å². The normalized spacial score (nSPS) is 9.85. The second-order valence-electron chi connectivity index (χ2n) is 4.29. The molecule has 2 rings (SSSR count). The molecular weight excluding hydrogens is 256 g/mol. The van der Waals surface area contributed by atoms with Crippen LogP contribution >= 0.6 is 0 Å². The third-order valence-corrected chi connectivity index (χ3v) is 2.64. The maximum absolute atomic E-state index is 11.7. The summed E-state index contributed by atoms with van der Waals surface area (Å²) >= 11 is 0. The molecule has 0 atom stereocenters. The first-order chi connectivity index (χ1) is 9.56. The molecule has 0 unspecified atom stereocenters. The molecule has 0 aliphatic carbocycles. The minimum atomic E-state index is -0.840. The van der Waals surface area contributed by atoms with Crippen LogP contribution in [-0.2, 0) is 9.59 Å². The number of carbonyl (C=O) groups is 2. The second-order valence-corrected chi connectivity index (χ2v) is 4.29. The van der Waals surface area contributed by atoms with Crippen molar-refractivity contribution >= 4 is 23.2 Å². The van der Waals surface area contributed by atoms with Gasteiger partial charge in [0.05, 0.1) is 5.69 Å². The lowest BCUT2D eigenvalue weighted by molar-refractivity contribution is -0.133. The molecule has 3 N–H and O–H groups in total. The Morgan fingerprint density at radius 2 is 1.60 bits per heavy atom. The fraction of sp³-hybridized carbons (Fsp3) is 0.0667. The summed E-state index contributed by atoms with van der Waals surface area (Å²) in [5, 5.41) is 14.5. The van der Waals surface area contributed by atoms with Crippen molar-refractivity contribution in [3.63, 3.8) is 0 Å². The smallest absolute Gasteiger partial charge is 0.314 e. The average Bonchev–Trinajstić information content (AvgIpc) is 2.43. The summed E-state index contributed by atoms with van der Waals surface area (Å²) in [4.78, 5) is 23.4. The number of anilines is 2. The first kappa shape index (κ1) is 13.6. The zero-order chi connectivity index (χ0) is 14.5. The molecule has 0 aromatic heterocycles. The van der Waals surface area contributed by atoms with Crippen LogP contribution in [0.25, 0.3) is 0 Å². The van der Waals surface area contributed by atoms with E-state index in [0.29, 0.717) is 5.69 Å². The Balaban J connectivity index is 2.03. The molecule has 0 saturated carbocycles. The van der Waals surface area contributed by atoms with Crippen molar-refractivity contribution in [3.05, 3.63) is 54.1 Å². The van der Waals surface area contributed by atoms with Crippen LogP contribution in [-0.4, -0.2) is 16.9 Å². The van der Waals surface area contributed by atoms with E-state index in [1.807, 2.05) is 6.92 Å². The van der Waals surface area contributed by atoms with Gasteiger partial charge in [0.2, 0.25) is 0 Å². The van der Waals surface area contributed by atoms with Gasteiger partial charge in [0.15, 0.2) is 0 Å². The maximum Gasteiger partial charge on any atom is 0.314 e. The van der Waals surface area contributed by atoms with Crippen molar-refractivity contribution in [1.82, 2.24) is 0 Å². The molecule has 0 heterocycles. The molecule has 2 amide bonds. The van der Waals surface area contributed by atoms with E-state index >= 15 is 0 Å². The summed E-state index contributed by atoms with van der Waals surface area (Å²) < 4.78 is 0. The Bertz CT molecular complexity index is 639. The van der Waals surface area contributed by atoms with Gasteiger partial charge in [-0.3, -0.25) is 9.59 Å². The van der Waals surface area contributed by atoms with Crippen molar-refractivity contribution < 1.29 is 14.7 Å². The molecular formula is C15H14N2O3. The van der Waals surface area contributed by atoms with E-state index in [0.717, 1.165) is 5.56 Å². The van der Waals surface area contributed by atoms with E-state index in [-0.39, 0.29) is 11.4 Å². The predicted molar refractivity (Wildman–Crippen MR) is 76.5 cm³/mol. The molecule has 2 aromatic carbocycles. The highest BCUT2D eigenvalue weighted by Crippen LogP contribution is 2.23. The first-order valence-corrected chi connectivity index (χ1v) is 6.03. The van der Waals surface area contributed by atoms with Crippen molar-refractivity contribution in [2.24, 2.45) is 0 Å². The summed E-state index contributed by atoms with van der Waals surface area (Å²) in [6.45, 7) is 1.81. The zero-order valence-corrected chi connectivity index (χ0v) is 10.9. The molecule has 2 aromatic rings. The molecule has 102 valence electrons. The number of rotatable bonds is 2. The van der Waals surface area contributed by atoms with Crippen molar-refractivity contribution in [2.45, 2.75) is 6.92 Å². The van der Waals surface area contributed by atoms with Gasteiger partial charge in [0.25, 0.3) is 0 Å². The first-order valence-electron chi connectivity index (χ1n) is 6.03. The lowest BCUT2D eigenvalue weighted by Gasteiger charge is -2.08. The molecule has 0 aliphatic rings. The van der Waals surface area contributed by atoms with Gasteiger partial charge in [-0.1, -0.05) is 24.3 Å². The van der Waals surface area contributed by atoms with E-state index in [4.69, 9.17) is 0 Å². The quantitative estimate of drug-likeness (QED) is 0.578. The molecule has 5 heteroatoms. The van der Waals surface area contributed by atoms with E-state index < -0.39 is 11.8 Å². The number of aromatic hydroxyl groups is 1. The van der Waals surface area contributed by atoms with Gasteiger partial charge in [-0.15, -0.1) is 0 Å². The summed E-state index contributed by atoms with van der Waals surface area (Å²) in [6, 6.07) is 13.4. The van der Waals surface area contributed by atoms with Gasteiger partial charge >= 0.3 is 11.8 Å². The highest BCUT2D eigenvalue weighted by Gasteiger charge is 2.15. The molecule has 0 fully saturated rings. The molecule has 0 aliphatic heterocycles. The molecule has 0 radical (unpaired) electrons. The van der Waals surface area contributed by atoms with Gasteiger partial charge < -0.3 is 15.7 Å². The number of aryl methyl sites for hydroxylation is 1. The predicted octanol–water partition coefficient (Wildman–Crippen LogP) is 2.28. The van der Waals surface area contributed by atoms with Crippen LogP contribution in [0.15, 0.2) is 48.5 Å². The highest BCUT2D eigenvalue weighted by molar-refractivity contribution is 6.43. The monoisotopic (exact) mass is 270 g/mol. The molecule has 5 nitrogen and oxygen atoms in total. The Kier molecular flexibility index (Phi) is 4.00. The lowest BCUT2D eigenvalue weighted by atomic mass is 10.2. The van der Waals surface area contributed by atoms with Gasteiger partial charge in [-0.05, 0) is 36.8 Å². The SMILES string of the molecule is Cc1ccc(NC(=O)C(=O)Nc2ccccc2)c(O)c1. The molecule has 0 saturated heterocycles. The highest BCUT2D eigenvalue weighted by atomic mass is 16.3. The van der Waals surface area contributed by atoms with E-state index in [1.165, 1.54) is 6.07 Å². The number of phenolic OH excluding ortho intramolecular Hbond substituents is 1. The second kappa shape index (κ2) is 5.88. The van der Waals surface area contributed by atoms with Crippen LogP contribution < -0.4 is 10.6 Å². The average molecular weight is 270 g/mol. The summed E-state index contributed by atoms with van der Waals surface area (Å²) in [7, 11) is 0. The molecule has 0 bridgehead atoms. The number of amides is 2. The number of para-hydroxylation sites is 1. The van der Waals surface area contributed by atoms with Crippen LogP contribution in [0.4, 0.5) is 11.4 Å². The minimum Gasteiger partial charge on any atom is -0.506 e. The van der Waals surface area contributed by atoms with E-state index in [1.54, 1.807) is 42.5 Å². The summed E-state index contributed by atoms with van der Waals surface area (Å²) in [6.07, 6.45) is 0. The van der Waals surface area contributed by atoms with Crippen LogP contribution in [0.5, 0.6) is 5.75 Å². The summed E-state index contributed by atoms with van der Waals surface area (Å²) in [5.41, 5.74) is 1.58. The number of hydrogen-bond donors (Lipinski definition) is 3. The minimum absolute atomic E-state index is 0.0779. The molecule has 0 spiro atoms. The van der Waals surface area contributed by atoms with Gasteiger partial charge in [0.1, 0.15) is 5.75 Å². The Hall–Kier alpha value is -2.82.